The molecule has 46 heavy (non-hydrogen) atoms. The van der Waals surface area contributed by atoms with Crippen molar-refractivity contribution in [2.24, 2.45) is 0 Å². The minimum atomic E-state index is -3.84. The van der Waals surface area contributed by atoms with Crippen LogP contribution in [0.5, 0.6) is 11.5 Å². The van der Waals surface area contributed by atoms with Crippen molar-refractivity contribution in [3.63, 3.8) is 0 Å². The number of nitrogens with zero attached hydrogens (tertiary/aromatic N) is 3. The number of fused-ring (bicyclic) bond motifs is 2. The molecule has 9 nitrogen and oxygen atoms in total. The molecule has 2 heterocycles. The SMILES string of the molecule is COc1ccc(COc2c3c(c(N(C)S(C)(=O)=O)c4cc(Cc5cc(Cl)c(F)cc5F)cnc24)CN(CCC(C)(C)O)C3=O)cc1. The highest BCUT2D eigenvalue weighted by Crippen LogP contribution is 2.45. The summed E-state index contributed by atoms with van der Waals surface area (Å²) >= 11 is 5.93. The molecular formula is C33H34ClF2N3O6S. The summed E-state index contributed by atoms with van der Waals surface area (Å²) in [7, 11) is -0.892. The van der Waals surface area contributed by atoms with Gasteiger partial charge in [-0.15, -0.1) is 0 Å². The van der Waals surface area contributed by atoms with Crippen molar-refractivity contribution < 1.29 is 36.6 Å². The molecule has 0 saturated heterocycles. The fourth-order valence-electron chi connectivity index (χ4n) is 5.36. The predicted molar refractivity (Wildman–Crippen MR) is 172 cm³/mol. The number of amides is 1. The van der Waals surface area contributed by atoms with Crippen molar-refractivity contribution in [2.45, 2.75) is 45.4 Å². The molecule has 0 bridgehead atoms. The number of aliphatic hydroxyl groups is 1. The first-order valence-corrected chi connectivity index (χ1v) is 16.6. The Bertz CT molecular complexity index is 1930. The highest BCUT2D eigenvalue weighted by molar-refractivity contribution is 7.92. The fraction of sp³-hybridized carbons (Fsp3) is 0.333. The van der Waals surface area contributed by atoms with Gasteiger partial charge < -0.3 is 19.5 Å². The maximum absolute atomic E-state index is 14.7. The van der Waals surface area contributed by atoms with E-state index in [4.69, 9.17) is 21.1 Å². The van der Waals surface area contributed by atoms with Crippen LogP contribution in [0.25, 0.3) is 10.9 Å². The molecule has 0 radical (unpaired) electrons. The standard InChI is InChI=1S/C33H34ClF2N3O6S/c1-33(2,41)10-11-39-17-24-28(32(39)40)31(45-18-19-6-8-22(44-4)9-7-19)29-23(30(24)38(3)46(5,42)43)13-20(16-37-29)12-21-14-25(34)27(36)15-26(21)35/h6-9,13-16,41H,10-12,17-18H2,1-5H3. The van der Waals surface area contributed by atoms with E-state index < -0.39 is 27.3 Å². The number of hydrogen-bond donors (Lipinski definition) is 1. The molecule has 5 rings (SSSR count). The Labute approximate surface area is 271 Å². The number of halogens is 3. The van der Waals surface area contributed by atoms with Gasteiger partial charge in [0.2, 0.25) is 10.0 Å². The highest BCUT2D eigenvalue weighted by Gasteiger charge is 2.38. The van der Waals surface area contributed by atoms with Crippen molar-refractivity contribution in [1.82, 2.24) is 9.88 Å². The van der Waals surface area contributed by atoms with Crippen LogP contribution in [0.2, 0.25) is 5.02 Å². The fourth-order valence-corrected chi connectivity index (χ4v) is 6.08. The summed E-state index contributed by atoms with van der Waals surface area (Å²) in [6, 6.07) is 10.8. The third-order valence-corrected chi connectivity index (χ3v) is 9.38. The van der Waals surface area contributed by atoms with E-state index in [1.807, 2.05) is 12.1 Å². The van der Waals surface area contributed by atoms with E-state index in [9.17, 15) is 27.1 Å². The molecule has 1 aromatic heterocycles. The number of aromatic nitrogens is 1. The average molecular weight is 674 g/mol. The van der Waals surface area contributed by atoms with Crippen molar-refractivity contribution in [3.8, 4) is 11.5 Å². The summed E-state index contributed by atoms with van der Waals surface area (Å²) in [5.41, 5.74) is 1.41. The van der Waals surface area contributed by atoms with Crippen LogP contribution < -0.4 is 13.8 Å². The Morgan fingerprint density at radius 2 is 1.80 bits per heavy atom. The van der Waals surface area contributed by atoms with Gasteiger partial charge >= 0.3 is 0 Å². The van der Waals surface area contributed by atoms with Gasteiger partial charge in [0.05, 0.1) is 35.2 Å². The van der Waals surface area contributed by atoms with E-state index in [1.54, 1.807) is 39.2 Å². The number of pyridine rings is 1. The second-order valence-corrected chi connectivity index (χ2v) is 14.4. The summed E-state index contributed by atoms with van der Waals surface area (Å²) in [5.74, 6) is -1.23. The number of benzene rings is 3. The van der Waals surface area contributed by atoms with Gasteiger partial charge in [0.25, 0.3) is 5.91 Å². The van der Waals surface area contributed by atoms with Crippen LogP contribution in [0.4, 0.5) is 14.5 Å². The van der Waals surface area contributed by atoms with Gasteiger partial charge in [0.15, 0.2) is 5.75 Å². The molecule has 4 aromatic rings. The molecule has 0 aliphatic carbocycles. The second kappa shape index (κ2) is 12.7. The molecule has 1 N–H and O–H groups in total. The molecular weight excluding hydrogens is 640 g/mol. The summed E-state index contributed by atoms with van der Waals surface area (Å²) in [6.07, 6.45) is 2.78. The van der Waals surface area contributed by atoms with Gasteiger partial charge in [-0.25, -0.2) is 17.2 Å². The zero-order valence-electron chi connectivity index (χ0n) is 26.0. The molecule has 13 heteroatoms. The average Bonchev–Trinajstić information content (AvgIpc) is 3.31. The lowest BCUT2D eigenvalue weighted by atomic mass is 9.98. The Morgan fingerprint density at radius 1 is 1.11 bits per heavy atom. The van der Waals surface area contributed by atoms with Crippen LogP contribution >= 0.6 is 11.6 Å². The smallest absolute Gasteiger partial charge is 0.258 e. The first kappa shape index (κ1) is 33.4. The zero-order chi connectivity index (χ0) is 33.6. The molecule has 0 atom stereocenters. The molecule has 0 fully saturated rings. The largest absolute Gasteiger partial charge is 0.497 e. The van der Waals surface area contributed by atoms with Crippen LogP contribution in [0, 0.1) is 11.6 Å². The summed E-state index contributed by atoms with van der Waals surface area (Å²) in [6.45, 7) is 3.61. The van der Waals surface area contributed by atoms with Crippen LogP contribution in [-0.4, -0.2) is 61.9 Å². The number of methoxy groups -OCH3 is 1. The predicted octanol–water partition coefficient (Wildman–Crippen LogP) is 5.86. The van der Waals surface area contributed by atoms with Gasteiger partial charge in [-0.2, -0.15) is 0 Å². The maximum Gasteiger partial charge on any atom is 0.258 e. The Morgan fingerprint density at radius 3 is 2.43 bits per heavy atom. The van der Waals surface area contributed by atoms with Crippen molar-refractivity contribution >= 4 is 44.1 Å². The Kier molecular flexibility index (Phi) is 9.18. The summed E-state index contributed by atoms with van der Waals surface area (Å²) < 4.78 is 67.1. The second-order valence-electron chi connectivity index (χ2n) is 12.0. The van der Waals surface area contributed by atoms with E-state index in [2.05, 4.69) is 4.98 Å². The molecule has 244 valence electrons. The lowest BCUT2D eigenvalue weighted by Crippen LogP contribution is -2.31. The molecule has 0 saturated carbocycles. The van der Waals surface area contributed by atoms with Crippen LogP contribution in [0.15, 0.2) is 48.7 Å². The van der Waals surface area contributed by atoms with Crippen LogP contribution in [-0.2, 0) is 29.6 Å². The first-order chi connectivity index (χ1) is 21.6. The van der Waals surface area contributed by atoms with Gasteiger partial charge in [0.1, 0.15) is 29.5 Å². The van der Waals surface area contributed by atoms with Crippen molar-refractivity contribution in [2.75, 3.05) is 31.3 Å². The minimum absolute atomic E-state index is 0.0213. The number of carbonyl (C=O) groups excluding carboxylic acids is 1. The van der Waals surface area contributed by atoms with E-state index in [0.717, 1.165) is 16.1 Å². The molecule has 3 aromatic carbocycles. The lowest BCUT2D eigenvalue weighted by molar-refractivity contribution is 0.0516. The summed E-state index contributed by atoms with van der Waals surface area (Å²) in [4.78, 5) is 20.1. The topological polar surface area (TPSA) is 109 Å². The highest BCUT2D eigenvalue weighted by atomic mass is 35.5. The van der Waals surface area contributed by atoms with Gasteiger partial charge in [0, 0.05) is 49.8 Å². The lowest BCUT2D eigenvalue weighted by Gasteiger charge is -2.24. The van der Waals surface area contributed by atoms with E-state index >= 15 is 0 Å². The minimum Gasteiger partial charge on any atom is -0.497 e. The number of anilines is 1. The van der Waals surface area contributed by atoms with E-state index in [0.29, 0.717) is 28.3 Å². The molecule has 1 aliphatic heterocycles. The Hall–Kier alpha value is -4.00. The summed E-state index contributed by atoms with van der Waals surface area (Å²) in [5, 5.41) is 10.5. The van der Waals surface area contributed by atoms with E-state index in [-0.39, 0.29) is 71.5 Å². The van der Waals surface area contributed by atoms with Crippen molar-refractivity contribution in [1.29, 1.82) is 0 Å². The molecule has 0 spiro atoms. The third kappa shape index (κ3) is 6.89. The van der Waals surface area contributed by atoms with Gasteiger partial charge in [-0.1, -0.05) is 23.7 Å². The number of ether oxygens (including phenoxy) is 2. The Balaban J connectivity index is 1.70. The van der Waals surface area contributed by atoms with Gasteiger partial charge in [-0.3, -0.25) is 14.1 Å². The number of rotatable bonds is 11. The van der Waals surface area contributed by atoms with Gasteiger partial charge in [-0.05, 0) is 61.2 Å². The normalized spacial score (nSPS) is 13.3. The zero-order valence-corrected chi connectivity index (χ0v) is 27.6. The number of sulfonamides is 1. The first-order valence-electron chi connectivity index (χ1n) is 14.4. The molecule has 1 aliphatic rings. The quantitative estimate of drug-likeness (QED) is 0.199. The van der Waals surface area contributed by atoms with E-state index in [1.165, 1.54) is 24.2 Å². The number of carbonyl (C=O) groups is 1. The number of hydrogen-bond acceptors (Lipinski definition) is 7. The molecule has 1 amide bonds. The van der Waals surface area contributed by atoms with Crippen LogP contribution in [0.3, 0.4) is 0 Å². The molecule has 0 unspecified atom stereocenters. The third-order valence-electron chi connectivity index (χ3n) is 7.91. The van der Waals surface area contributed by atoms with Crippen LogP contribution in [0.1, 0.15) is 52.9 Å². The van der Waals surface area contributed by atoms with Crippen molar-refractivity contribution in [3.05, 3.63) is 93.1 Å². The monoisotopic (exact) mass is 673 g/mol. The maximum atomic E-state index is 14.7.